The first kappa shape index (κ1) is 17.6. The van der Waals surface area contributed by atoms with Crippen LogP contribution < -0.4 is 0 Å². The fourth-order valence-electron chi connectivity index (χ4n) is 3.87. The van der Waals surface area contributed by atoms with E-state index in [0.717, 1.165) is 41.4 Å². The van der Waals surface area contributed by atoms with Gasteiger partial charge in [-0.3, -0.25) is 4.79 Å². The standard InChI is InChI=1S/C23H24N2O2/c1-24(2)19-13-14-25(15-19)23(27)18-9-7-17(8-10-18)22-20-6-4-3-5-16(20)11-12-21(22)26/h3-12,19,26H,13-15H2,1-2H3/t19-/m1/s1. The number of amides is 1. The second-order valence-corrected chi connectivity index (χ2v) is 7.42. The van der Waals surface area contributed by atoms with E-state index in [1.54, 1.807) is 6.07 Å². The van der Waals surface area contributed by atoms with Gasteiger partial charge in [0, 0.05) is 30.3 Å². The summed E-state index contributed by atoms with van der Waals surface area (Å²) in [6.07, 6.45) is 1.01. The summed E-state index contributed by atoms with van der Waals surface area (Å²) in [6, 6.07) is 19.6. The lowest BCUT2D eigenvalue weighted by Gasteiger charge is -2.20. The van der Waals surface area contributed by atoms with E-state index >= 15 is 0 Å². The summed E-state index contributed by atoms with van der Waals surface area (Å²) in [6.45, 7) is 1.57. The molecule has 0 aliphatic carbocycles. The molecular formula is C23H24N2O2. The van der Waals surface area contributed by atoms with Crippen molar-refractivity contribution in [2.75, 3.05) is 27.2 Å². The first-order chi connectivity index (χ1) is 13.0. The van der Waals surface area contributed by atoms with Crippen molar-refractivity contribution in [2.24, 2.45) is 0 Å². The third kappa shape index (κ3) is 3.28. The van der Waals surface area contributed by atoms with E-state index < -0.39 is 0 Å². The average Bonchev–Trinajstić information content (AvgIpc) is 3.18. The van der Waals surface area contributed by atoms with Crippen LogP contribution in [0, 0.1) is 0 Å². The van der Waals surface area contributed by atoms with Crippen LogP contribution in [0.1, 0.15) is 16.8 Å². The quantitative estimate of drug-likeness (QED) is 0.768. The number of benzene rings is 3. The van der Waals surface area contributed by atoms with Gasteiger partial charge in [-0.05, 0) is 55.1 Å². The number of hydrogen-bond donors (Lipinski definition) is 1. The highest BCUT2D eigenvalue weighted by molar-refractivity contribution is 6.00. The summed E-state index contributed by atoms with van der Waals surface area (Å²) in [5, 5.41) is 12.5. The molecule has 0 saturated carbocycles. The molecule has 1 aliphatic rings. The molecule has 4 nitrogen and oxygen atoms in total. The first-order valence-corrected chi connectivity index (χ1v) is 9.31. The van der Waals surface area contributed by atoms with Crippen LogP contribution in [0.2, 0.25) is 0 Å². The lowest BCUT2D eigenvalue weighted by atomic mass is 9.96. The molecule has 1 amide bonds. The van der Waals surface area contributed by atoms with Gasteiger partial charge in [0.25, 0.3) is 5.91 Å². The van der Waals surface area contributed by atoms with E-state index in [2.05, 4.69) is 19.0 Å². The molecule has 0 bridgehead atoms. The predicted octanol–water partition coefficient (Wildman–Crippen LogP) is 3.99. The SMILES string of the molecule is CN(C)[C@@H]1CCN(C(=O)c2ccc(-c3c(O)ccc4ccccc34)cc2)C1. The van der Waals surface area contributed by atoms with Gasteiger partial charge in [0.1, 0.15) is 5.75 Å². The number of likely N-dealkylation sites (tertiary alicyclic amines) is 1. The minimum Gasteiger partial charge on any atom is -0.507 e. The third-order valence-electron chi connectivity index (χ3n) is 5.51. The number of hydrogen-bond acceptors (Lipinski definition) is 3. The number of rotatable bonds is 3. The van der Waals surface area contributed by atoms with Crippen molar-refractivity contribution < 1.29 is 9.90 Å². The third-order valence-corrected chi connectivity index (χ3v) is 5.51. The van der Waals surface area contributed by atoms with Crippen LogP contribution in [-0.4, -0.2) is 54.0 Å². The predicted molar refractivity (Wildman–Crippen MR) is 109 cm³/mol. The fraction of sp³-hybridized carbons (Fsp3) is 0.261. The summed E-state index contributed by atoms with van der Waals surface area (Å²) in [5.41, 5.74) is 2.41. The minimum atomic E-state index is 0.0769. The van der Waals surface area contributed by atoms with Crippen molar-refractivity contribution in [3.05, 3.63) is 66.2 Å². The van der Waals surface area contributed by atoms with Crippen molar-refractivity contribution in [1.82, 2.24) is 9.80 Å². The molecule has 0 unspecified atom stereocenters. The Morgan fingerprint density at radius 3 is 2.48 bits per heavy atom. The number of carbonyl (C=O) groups is 1. The Hall–Kier alpha value is -2.85. The topological polar surface area (TPSA) is 43.8 Å². The average molecular weight is 360 g/mol. The molecule has 0 spiro atoms. The van der Waals surface area contributed by atoms with Gasteiger partial charge in [0.2, 0.25) is 0 Å². The maximum atomic E-state index is 12.8. The van der Waals surface area contributed by atoms with Crippen molar-refractivity contribution in [1.29, 1.82) is 0 Å². The maximum Gasteiger partial charge on any atom is 0.253 e. The van der Waals surface area contributed by atoms with Gasteiger partial charge < -0.3 is 14.9 Å². The van der Waals surface area contributed by atoms with Gasteiger partial charge in [0.15, 0.2) is 0 Å². The Balaban J connectivity index is 1.62. The van der Waals surface area contributed by atoms with Gasteiger partial charge in [-0.1, -0.05) is 42.5 Å². The molecule has 0 aromatic heterocycles. The highest BCUT2D eigenvalue weighted by Gasteiger charge is 2.28. The Bertz CT molecular complexity index is 979. The Kier molecular flexibility index (Phi) is 4.58. The monoisotopic (exact) mass is 360 g/mol. The molecule has 1 saturated heterocycles. The second kappa shape index (κ2) is 7.05. The normalized spacial score (nSPS) is 17.0. The van der Waals surface area contributed by atoms with Gasteiger partial charge in [-0.15, -0.1) is 0 Å². The second-order valence-electron chi connectivity index (χ2n) is 7.42. The van der Waals surface area contributed by atoms with Gasteiger partial charge in [-0.25, -0.2) is 0 Å². The number of aromatic hydroxyl groups is 1. The molecule has 1 atom stereocenters. The summed E-state index contributed by atoms with van der Waals surface area (Å²) in [5.74, 6) is 0.328. The molecule has 4 heteroatoms. The molecule has 27 heavy (non-hydrogen) atoms. The van der Waals surface area contributed by atoms with Crippen LogP contribution in [0.25, 0.3) is 21.9 Å². The lowest BCUT2D eigenvalue weighted by Crippen LogP contribution is -2.34. The van der Waals surface area contributed by atoms with Crippen molar-refractivity contribution in [2.45, 2.75) is 12.5 Å². The van der Waals surface area contributed by atoms with Crippen LogP contribution in [0.4, 0.5) is 0 Å². The number of nitrogens with zero attached hydrogens (tertiary/aromatic N) is 2. The highest BCUT2D eigenvalue weighted by atomic mass is 16.3. The smallest absolute Gasteiger partial charge is 0.253 e. The number of phenolic OH excluding ortho intramolecular Hbond substituents is 1. The lowest BCUT2D eigenvalue weighted by molar-refractivity contribution is 0.0783. The van der Waals surface area contributed by atoms with Gasteiger partial charge >= 0.3 is 0 Å². The molecule has 1 heterocycles. The molecule has 1 aliphatic heterocycles. The molecule has 0 radical (unpaired) electrons. The zero-order chi connectivity index (χ0) is 19.0. The van der Waals surface area contributed by atoms with Crippen molar-refractivity contribution >= 4 is 16.7 Å². The van der Waals surface area contributed by atoms with E-state index in [1.165, 1.54) is 0 Å². The van der Waals surface area contributed by atoms with E-state index in [0.29, 0.717) is 11.6 Å². The number of phenols is 1. The molecule has 4 rings (SSSR count). The molecule has 138 valence electrons. The fourth-order valence-corrected chi connectivity index (χ4v) is 3.87. The molecule has 1 fully saturated rings. The van der Waals surface area contributed by atoms with Gasteiger partial charge in [-0.2, -0.15) is 0 Å². The van der Waals surface area contributed by atoms with E-state index in [1.807, 2.05) is 59.5 Å². The highest BCUT2D eigenvalue weighted by Crippen LogP contribution is 2.36. The van der Waals surface area contributed by atoms with Crippen LogP contribution in [0.15, 0.2) is 60.7 Å². The van der Waals surface area contributed by atoms with Crippen molar-refractivity contribution in [3.8, 4) is 16.9 Å². The summed E-state index contributed by atoms with van der Waals surface area (Å²) >= 11 is 0. The molecule has 3 aromatic carbocycles. The maximum absolute atomic E-state index is 12.8. The summed E-state index contributed by atoms with van der Waals surface area (Å²) in [7, 11) is 4.12. The largest absolute Gasteiger partial charge is 0.507 e. The zero-order valence-electron chi connectivity index (χ0n) is 15.7. The van der Waals surface area contributed by atoms with Crippen LogP contribution >= 0.6 is 0 Å². The van der Waals surface area contributed by atoms with Crippen LogP contribution in [0.5, 0.6) is 5.75 Å². The zero-order valence-corrected chi connectivity index (χ0v) is 15.7. The molecular weight excluding hydrogens is 336 g/mol. The van der Waals surface area contributed by atoms with Gasteiger partial charge in [0.05, 0.1) is 0 Å². The minimum absolute atomic E-state index is 0.0769. The number of fused-ring (bicyclic) bond motifs is 1. The Labute approximate surface area is 159 Å². The first-order valence-electron chi connectivity index (χ1n) is 9.31. The Morgan fingerprint density at radius 2 is 1.78 bits per heavy atom. The summed E-state index contributed by atoms with van der Waals surface area (Å²) < 4.78 is 0. The van der Waals surface area contributed by atoms with E-state index in [4.69, 9.17) is 0 Å². The number of likely N-dealkylation sites (N-methyl/N-ethyl adjacent to an activating group) is 1. The Morgan fingerprint density at radius 1 is 1.04 bits per heavy atom. The van der Waals surface area contributed by atoms with Crippen LogP contribution in [-0.2, 0) is 0 Å². The molecule has 1 N–H and O–H groups in total. The van der Waals surface area contributed by atoms with E-state index in [9.17, 15) is 9.90 Å². The number of carbonyl (C=O) groups excluding carboxylic acids is 1. The van der Waals surface area contributed by atoms with Crippen LogP contribution in [0.3, 0.4) is 0 Å². The molecule has 3 aromatic rings. The summed E-state index contributed by atoms with van der Waals surface area (Å²) in [4.78, 5) is 16.9. The van der Waals surface area contributed by atoms with E-state index in [-0.39, 0.29) is 11.7 Å². The van der Waals surface area contributed by atoms with Crippen molar-refractivity contribution in [3.63, 3.8) is 0 Å².